The van der Waals surface area contributed by atoms with Crippen LogP contribution >= 0.6 is 0 Å². The van der Waals surface area contributed by atoms with Crippen molar-refractivity contribution >= 4 is 34.2 Å². The summed E-state index contributed by atoms with van der Waals surface area (Å²) in [5, 5.41) is 11.8. The Kier molecular flexibility index (Phi) is 3.77. The van der Waals surface area contributed by atoms with Gasteiger partial charge in [-0.2, -0.15) is 10.1 Å². The van der Waals surface area contributed by atoms with E-state index in [0.29, 0.717) is 0 Å². The third-order valence-electron chi connectivity index (χ3n) is 5.69. The topological polar surface area (TPSA) is 105 Å². The van der Waals surface area contributed by atoms with Crippen LogP contribution in [0.4, 0.5) is 23.3 Å². The maximum absolute atomic E-state index is 6.26. The number of para-hydroxylation sites is 2. The summed E-state index contributed by atoms with van der Waals surface area (Å²) in [5.41, 5.74) is 9.50. The highest BCUT2D eigenvalue weighted by atomic mass is 16.5. The number of aromatic amines is 1. The van der Waals surface area contributed by atoms with Gasteiger partial charge in [-0.3, -0.25) is 5.10 Å². The van der Waals surface area contributed by atoms with E-state index in [1.54, 1.807) is 0 Å². The number of fused-ring (bicyclic) bond motifs is 1. The first kappa shape index (κ1) is 17.1. The molecule has 0 bridgehead atoms. The lowest BCUT2D eigenvalue weighted by molar-refractivity contribution is 0.492. The van der Waals surface area contributed by atoms with E-state index in [9.17, 15) is 0 Å². The lowest BCUT2D eigenvalue weighted by Crippen LogP contribution is -2.30. The van der Waals surface area contributed by atoms with Gasteiger partial charge in [-0.05, 0) is 43.5 Å². The first-order valence-electron chi connectivity index (χ1n) is 10.2. The Morgan fingerprint density at radius 1 is 0.967 bits per heavy atom. The molecule has 0 aliphatic carbocycles. The Balaban J connectivity index is 1.48. The lowest BCUT2D eigenvalue weighted by Gasteiger charge is -2.28. The summed E-state index contributed by atoms with van der Waals surface area (Å²) < 4.78 is 6.26. The number of rotatable bonds is 2. The number of benzene rings is 2. The molecule has 2 aliphatic heterocycles. The van der Waals surface area contributed by atoms with Crippen LogP contribution in [-0.4, -0.2) is 33.3 Å². The number of anilines is 4. The predicted molar refractivity (Wildman–Crippen MR) is 117 cm³/mol. The van der Waals surface area contributed by atoms with Crippen molar-refractivity contribution in [1.29, 1.82) is 0 Å². The first-order valence-corrected chi connectivity index (χ1v) is 10.2. The second kappa shape index (κ2) is 6.62. The van der Waals surface area contributed by atoms with E-state index < -0.39 is 0 Å². The quantitative estimate of drug-likeness (QED) is 0.403. The average Bonchev–Trinajstić information content (AvgIpc) is 3.10. The Labute approximate surface area is 173 Å². The maximum atomic E-state index is 6.26. The summed E-state index contributed by atoms with van der Waals surface area (Å²) in [6.45, 7) is 1.99. The predicted octanol–water partition coefficient (Wildman–Crippen LogP) is 4.44. The Morgan fingerprint density at radius 2 is 1.83 bits per heavy atom. The van der Waals surface area contributed by atoms with E-state index in [4.69, 9.17) is 10.5 Å². The van der Waals surface area contributed by atoms with Gasteiger partial charge in [0.2, 0.25) is 5.95 Å². The van der Waals surface area contributed by atoms with Crippen LogP contribution in [0.1, 0.15) is 19.3 Å². The lowest BCUT2D eigenvalue weighted by atomic mass is 10.1. The molecule has 0 amide bonds. The summed E-state index contributed by atoms with van der Waals surface area (Å²) in [5.74, 6) is 3.37. The Bertz CT molecular complexity index is 1260. The molecule has 0 radical (unpaired) electrons. The Morgan fingerprint density at radius 3 is 2.73 bits per heavy atom. The number of nitrogens with one attached hydrogen (secondary N) is 2. The molecule has 2 aromatic heterocycles. The zero-order valence-corrected chi connectivity index (χ0v) is 16.4. The number of H-pyrrole nitrogens is 1. The summed E-state index contributed by atoms with van der Waals surface area (Å²) in [7, 11) is 0. The minimum absolute atomic E-state index is 0.275. The SMILES string of the molecule is Nc1nc(-c2cc3c4c(n[nH]c4c2)Nc2ccccc2O3)cc(N2CCCCC2)n1. The van der Waals surface area contributed by atoms with E-state index in [1.807, 2.05) is 42.5 Å². The van der Waals surface area contributed by atoms with Crippen LogP contribution in [0.25, 0.3) is 22.2 Å². The maximum Gasteiger partial charge on any atom is 0.222 e. The van der Waals surface area contributed by atoms with E-state index in [2.05, 4.69) is 30.4 Å². The summed E-state index contributed by atoms with van der Waals surface area (Å²) in [4.78, 5) is 11.3. The van der Waals surface area contributed by atoms with Crippen molar-refractivity contribution in [2.75, 3.05) is 29.0 Å². The molecule has 1 saturated heterocycles. The Hall–Kier alpha value is -3.81. The fourth-order valence-electron chi connectivity index (χ4n) is 4.23. The largest absolute Gasteiger partial charge is 0.454 e. The van der Waals surface area contributed by atoms with Gasteiger partial charge in [0.1, 0.15) is 11.6 Å². The highest BCUT2D eigenvalue weighted by Crippen LogP contribution is 2.44. The van der Waals surface area contributed by atoms with Crippen molar-refractivity contribution in [1.82, 2.24) is 20.2 Å². The number of piperidine rings is 1. The fourth-order valence-corrected chi connectivity index (χ4v) is 4.23. The van der Waals surface area contributed by atoms with Crippen LogP contribution in [0.5, 0.6) is 11.5 Å². The van der Waals surface area contributed by atoms with Crippen molar-refractivity contribution in [2.24, 2.45) is 0 Å². The molecule has 8 heteroatoms. The number of nitrogens with two attached hydrogens (primary N) is 1. The van der Waals surface area contributed by atoms with Crippen LogP contribution in [-0.2, 0) is 0 Å². The van der Waals surface area contributed by atoms with Crippen LogP contribution < -0.4 is 20.7 Å². The molecule has 150 valence electrons. The first-order chi connectivity index (χ1) is 14.7. The van der Waals surface area contributed by atoms with Crippen LogP contribution in [0.15, 0.2) is 42.5 Å². The molecule has 0 spiro atoms. The molecule has 2 aliphatic rings. The monoisotopic (exact) mass is 399 g/mol. The van der Waals surface area contributed by atoms with E-state index in [-0.39, 0.29) is 5.95 Å². The van der Waals surface area contributed by atoms with Crippen LogP contribution in [0, 0.1) is 0 Å². The molecular formula is C22H21N7O. The zero-order valence-electron chi connectivity index (χ0n) is 16.4. The molecule has 4 aromatic rings. The summed E-state index contributed by atoms with van der Waals surface area (Å²) in [6.07, 6.45) is 3.61. The molecular weight excluding hydrogens is 378 g/mol. The number of aromatic nitrogens is 4. The smallest absolute Gasteiger partial charge is 0.222 e. The molecule has 8 nitrogen and oxygen atoms in total. The van der Waals surface area contributed by atoms with Crippen molar-refractivity contribution in [3.05, 3.63) is 42.5 Å². The number of hydrogen-bond acceptors (Lipinski definition) is 7. The van der Waals surface area contributed by atoms with Gasteiger partial charge in [0.15, 0.2) is 11.6 Å². The van der Waals surface area contributed by atoms with Crippen molar-refractivity contribution in [3.63, 3.8) is 0 Å². The van der Waals surface area contributed by atoms with Gasteiger partial charge < -0.3 is 20.7 Å². The highest BCUT2D eigenvalue weighted by Gasteiger charge is 2.21. The molecule has 4 heterocycles. The molecule has 0 unspecified atom stereocenters. The number of ether oxygens (including phenoxy) is 1. The molecule has 0 atom stereocenters. The normalized spacial score (nSPS) is 15.3. The van der Waals surface area contributed by atoms with Gasteiger partial charge in [0.05, 0.1) is 22.3 Å². The summed E-state index contributed by atoms with van der Waals surface area (Å²) >= 11 is 0. The zero-order chi connectivity index (χ0) is 20.1. The van der Waals surface area contributed by atoms with Gasteiger partial charge in [-0.15, -0.1) is 0 Å². The van der Waals surface area contributed by atoms with Crippen molar-refractivity contribution < 1.29 is 4.74 Å². The second-order valence-electron chi connectivity index (χ2n) is 7.71. The standard InChI is InChI=1S/C22H21N7O/c23-22-25-15(12-19(26-22)29-8-4-1-5-9-29)13-10-16-20-18(11-13)30-17-7-3-2-6-14(17)24-21(20)28-27-16/h2-3,6-7,10-12H,1,4-5,8-9H2,(H2,23,25,26)(H2,24,27,28). The van der Waals surface area contributed by atoms with Crippen molar-refractivity contribution in [2.45, 2.75) is 19.3 Å². The van der Waals surface area contributed by atoms with Gasteiger partial charge in [0.25, 0.3) is 0 Å². The second-order valence-corrected chi connectivity index (χ2v) is 7.71. The molecule has 2 aromatic carbocycles. The van der Waals surface area contributed by atoms with Crippen LogP contribution in [0.2, 0.25) is 0 Å². The third kappa shape index (κ3) is 2.80. The molecule has 1 fully saturated rings. The van der Waals surface area contributed by atoms with Gasteiger partial charge >= 0.3 is 0 Å². The fraction of sp³-hybridized carbons (Fsp3) is 0.227. The minimum Gasteiger partial charge on any atom is -0.454 e. The third-order valence-corrected chi connectivity index (χ3v) is 5.69. The molecule has 0 saturated carbocycles. The molecule has 30 heavy (non-hydrogen) atoms. The van der Waals surface area contributed by atoms with E-state index >= 15 is 0 Å². The van der Waals surface area contributed by atoms with Crippen LogP contribution in [0.3, 0.4) is 0 Å². The van der Waals surface area contributed by atoms with E-state index in [1.165, 1.54) is 19.3 Å². The average molecular weight is 399 g/mol. The van der Waals surface area contributed by atoms with Gasteiger partial charge in [0, 0.05) is 24.7 Å². The van der Waals surface area contributed by atoms with E-state index in [0.717, 1.165) is 64.1 Å². The number of hydrogen-bond donors (Lipinski definition) is 3. The minimum atomic E-state index is 0.275. The summed E-state index contributed by atoms with van der Waals surface area (Å²) in [6, 6.07) is 13.9. The highest BCUT2D eigenvalue weighted by molar-refractivity contribution is 6.00. The van der Waals surface area contributed by atoms with Crippen molar-refractivity contribution in [3.8, 4) is 22.8 Å². The molecule has 6 rings (SSSR count). The number of nitrogen functional groups attached to an aromatic ring is 1. The molecule has 4 N–H and O–H groups in total. The van der Waals surface area contributed by atoms with Gasteiger partial charge in [-0.25, -0.2) is 4.98 Å². The number of nitrogens with zero attached hydrogens (tertiary/aromatic N) is 4. The van der Waals surface area contributed by atoms with Gasteiger partial charge in [-0.1, -0.05) is 12.1 Å².